The number of benzene rings is 3. The average molecular weight is 716 g/mol. The molecule has 11 heteroatoms. The Morgan fingerprint density at radius 1 is 1.02 bits per heavy atom. The summed E-state index contributed by atoms with van der Waals surface area (Å²) < 4.78 is 20.1. The van der Waals surface area contributed by atoms with E-state index >= 15 is 0 Å². The summed E-state index contributed by atoms with van der Waals surface area (Å²) in [6, 6.07) is 15.9. The molecular weight excluding hydrogens is 687 g/mol. The van der Waals surface area contributed by atoms with Gasteiger partial charge in [-0.3, -0.25) is 9.36 Å². The molecule has 0 saturated carbocycles. The fourth-order valence-electron chi connectivity index (χ4n) is 4.83. The lowest BCUT2D eigenvalue weighted by Gasteiger charge is -2.24. The Morgan fingerprint density at radius 3 is 2.43 bits per heavy atom. The monoisotopic (exact) mass is 714 g/mol. The number of thiazole rings is 1. The van der Waals surface area contributed by atoms with Crippen molar-refractivity contribution in [3.8, 4) is 11.5 Å². The van der Waals surface area contributed by atoms with Gasteiger partial charge in [0.1, 0.15) is 6.61 Å². The van der Waals surface area contributed by atoms with Gasteiger partial charge in [0.2, 0.25) is 0 Å². The molecule has 3 aromatic carbocycles. The normalized spacial score (nSPS) is 14.7. The number of ether oxygens (including phenoxy) is 3. The molecule has 1 aliphatic heterocycles. The Morgan fingerprint density at radius 2 is 1.75 bits per heavy atom. The largest absolute Gasteiger partial charge is 0.490 e. The molecule has 1 atom stereocenters. The lowest BCUT2D eigenvalue weighted by molar-refractivity contribution is -0.139. The van der Waals surface area contributed by atoms with E-state index in [4.69, 9.17) is 37.4 Å². The lowest BCUT2D eigenvalue weighted by Crippen LogP contribution is -2.39. The second kappa shape index (κ2) is 13.7. The number of fused-ring (bicyclic) bond motifs is 1. The van der Waals surface area contributed by atoms with E-state index in [9.17, 15) is 9.59 Å². The smallest absolute Gasteiger partial charge is 0.338 e. The van der Waals surface area contributed by atoms with Gasteiger partial charge in [-0.25, -0.2) is 9.79 Å². The lowest BCUT2D eigenvalue weighted by atomic mass is 9.95. The molecule has 44 heavy (non-hydrogen) atoms. The third-order valence-electron chi connectivity index (χ3n) is 6.96. The molecular formula is C33H29BrCl2N2O5S. The van der Waals surface area contributed by atoms with Crippen LogP contribution in [0.3, 0.4) is 0 Å². The Labute approximate surface area is 277 Å². The maximum Gasteiger partial charge on any atom is 0.338 e. The van der Waals surface area contributed by atoms with Gasteiger partial charge in [-0.1, -0.05) is 86.4 Å². The third kappa shape index (κ3) is 6.66. The Bertz CT molecular complexity index is 1950. The highest BCUT2D eigenvalue weighted by atomic mass is 79.9. The highest BCUT2D eigenvalue weighted by molar-refractivity contribution is 9.10. The average Bonchev–Trinajstić information content (AvgIpc) is 3.28. The van der Waals surface area contributed by atoms with Crippen LogP contribution in [0.2, 0.25) is 10.0 Å². The topological polar surface area (TPSA) is 79.1 Å². The van der Waals surface area contributed by atoms with Crippen LogP contribution in [0.1, 0.15) is 49.1 Å². The Hall–Kier alpha value is -3.37. The summed E-state index contributed by atoms with van der Waals surface area (Å²) >= 11 is 17.3. The van der Waals surface area contributed by atoms with Crippen molar-refractivity contribution in [2.75, 3.05) is 13.2 Å². The Kier molecular flexibility index (Phi) is 10.00. The highest BCUT2D eigenvalue weighted by Gasteiger charge is 2.33. The van der Waals surface area contributed by atoms with E-state index in [1.54, 1.807) is 42.7 Å². The molecule has 0 fully saturated rings. The van der Waals surface area contributed by atoms with E-state index in [1.165, 1.54) is 11.3 Å². The maximum atomic E-state index is 14.0. The second-order valence-corrected chi connectivity index (χ2v) is 12.7. The van der Waals surface area contributed by atoms with Crippen molar-refractivity contribution in [1.29, 1.82) is 0 Å². The zero-order valence-electron chi connectivity index (χ0n) is 24.4. The second-order valence-electron chi connectivity index (χ2n) is 9.99. The molecule has 7 nitrogen and oxygen atoms in total. The maximum absolute atomic E-state index is 14.0. The Balaban J connectivity index is 1.58. The minimum atomic E-state index is -0.675. The molecule has 0 radical (unpaired) electrons. The van der Waals surface area contributed by atoms with Crippen LogP contribution in [-0.4, -0.2) is 23.8 Å². The fourth-order valence-corrected chi connectivity index (χ4v) is 6.77. The fraction of sp³-hybridized carbons (Fsp3) is 0.242. The van der Waals surface area contributed by atoms with E-state index in [1.807, 2.05) is 50.2 Å². The molecule has 0 spiro atoms. The van der Waals surface area contributed by atoms with Gasteiger partial charge in [-0.05, 0) is 69.2 Å². The van der Waals surface area contributed by atoms with Crippen LogP contribution in [0.4, 0.5) is 0 Å². The summed E-state index contributed by atoms with van der Waals surface area (Å²) in [6.07, 6.45) is 1.78. The first-order valence-electron chi connectivity index (χ1n) is 13.9. The van der Waals surface area contributed by atoms with Crippen molar-refractivity contribution in [2.24, 2.45) is 4.99 Å². The summed E-state index contributed by atoms with van der Waals surface area (Å²) in [4.78, 5) is 32.3. The molecule has 0 unspecified atom stereocenters. The van der Waals surface area contributed by atoms with Crippen molar-refractivity contribution >= 4 is 62.5 Å². The van der Waals surface area contributed by atoms with E-state index in [-0.39, 0.29) is 18.8 Å². The number of carbonyl (C=O) groups excluding carboxylic acids is 1. The molecule has 0 saturated heterocycles. The number of nitrogens with zero attached hydrogens (tertiary/aromatic N) is 2. The van der Waals surface area contributed by atoms with E-state index < -0.39 is 12.0 Å². The molecule has 4 aromatic rings. The van der Waals surface area contributed by atoms with Gasteiger partial charge in [0.25, 0.3) is 5.56 Å². The number of hydrogen-bond donors (Lipinski definition) is 0. The van der Waals surface area contributed by atoms with Crippen LogP contribution < -0.4 is 24.4 Å². The van der Waals surface area contributed by atoms with Crippen molar-refractivity contribution in [3.63, 3.8) is 0 Å². The standard InChI is InChI=1S/C33H29BrCl2N2O5S/c1-5-41-26-13-22(24(34)16-27(26)43-17-21-11-12-23(35)15-25(21)36)14-28-31(39)38-30(20-9-7-18(3)8-10-20)29(32(40)42-6-2)19(4)37-33(38)44-28/h7-16,30H,5-6,17H2,1-4H3/b28-14-/t30-/m0/s1. The van der Waals surface area contributed by atoms with Crippen LogP contribution in [0, 0.1) is 6.92 Å². The van der Waals surface area contributed by atoms with Gasteiger partial charge in [0.15, 0.2) is 16.3 Å². The molecule has 0 bridgehead atoms. The third-order valence-corrected chi connectivity index (χ3v) is 9.21. The number of rotatable bonds is 9. The molecule has 1 aromatic heterocycles. The van der Waals surface area contributed by atoms with Crippen molar-refractivity contribution in [1.82, 2.24) is 4.57 Å². The van der Waals surface area contributed by atoms with Gasteiger partial charge < -0.3 is 14.2 Å². The molecule has 2 heterocycles. The SMILES string of the molecule is CCOC(=O)C1=C(C)N=c2s/c(=C\c3cc(OCC)c(OCc4ccc(Cl)cc4Cl)cc3Br)c(=O)n2[C@H]1c1ccc(C)cc1. The summed E-state index contributed by atoms with van der Waals surface area (Å²) in [7, 11) is 0. The highest BCUT2D eigenvalue weighted by Crippen LogP contribution is 2.36. The molecule has 0 aliphatic carbocycles. The number of aromatic nitrogens is 1. The summed E-state index contributed by atoms with van der Waals surface area (Å²) in [6.45, 7) is 8.22. The van der Waals surface area contributed by atoms with Gasteiger partial charge in [-0.2, -0.15) is 0 Å². The summed E-state index contributed by atoms with van der Waals surface area (Å²) in [5.74, 6) is 0.531. The zero-order valence-corrected chi connectivity index (χ0v) is 28.4. The quantitative estimate of drug-likeness (QED) is 0.172. The predicted molar refractivity (Wildman–Crippen MR) is 178 cm³/mol. The number of halogens is 3. The van der Waals surface area contributed by atoms with Crippen LogP contribution in [-0.2, 0) is 16.1 Å². The van der Waals surface area contributed by atoms with Crippen LogP contribution in [0.25, 0.3) is 6.08 Å². The molecule has 0 N–H and O–H groups in total. The van der Waals surface area contributed by atoms with Crippen molar-refractivity contribution in [2.45, 2.75) is 40.3 Å². The van der Waals surface area contributed by atoms with Gasteiger partial charge >= 0.3 is 5.97 Å². The minimum absolute atomic E-state index is 0.210. The minimum Gasteiger partial charge on any atom is -0.490 e. The first-order chi connectivity index (χ1) is 21.1. The molecule has 5 rings (SSSR count). The first-order valence-corrected chi connectivity index (χ1v) is 16.3. The molecule has 228 valence electrons. The number of aryl methyl sites for hydroxylation is 1. The van der Waals surface area contributed by atoms with Gasteiger partial charge in [0, 0.05) is 20.1 Å². The van der Waals surface area contributed by atoms with Gasteiger partial charge in [0.05, 0.1) is 35.1 Å². The van der Waals surface area contributed by atoms with Crippen LogP contribution >= 0.6 is 50.5 Å². The van der Waals surface area contributed by atoms with Crippen molar-refractivity contribution < 1.29 is 19.0 Å². The first kappa shape index (κ1) is 32.0. The van der Waals surface area contributed by atoms with Gasteiger partial charge in [-0.15, -0.1) is 0 Å². The van der Waals surface area contributed by atoms with Crippen molar-refractivity contribution in [3.05, 3.63) is 122 Å². The number of esters is 1. The van der Waals surface area contributed by atoms with E-state index in [0.29, 0.717) is 58.8 Å². The number of allylic oxidation sites excluding steroid dienone is 1. The summed E-state index contributed by atoms with van der Waals surface area (Å²) in [5.41, 5.74) is 3.95. The predicted octanol–water partition coefficient (Wildman–Crippen LogP) is 7.15. The number of hydrogen-bond acceptors (Lipinski definition) is 7. The molecule has 1 aliphatic rings. The zero-order chi connectivity index (χ0) is 31.5. The number of carbonyl (C=O) groups is 1. The summed E-state index contributed by atoms with van der Waals surface area (Å²) in [5, 5.41) is 1.05. The van der Waals surface area contributed by atoms with Crippen LogP contribution in [0.5, 0.6) is 11.5 Å². The van der Waals surface area contributed by atoms with E-state index in [2.05, 4.69) is 20.9 Å². The molecule has 0 amide bonds. The van der Waals surface area contributed by atoms with E-state index in [0.717, 1.165) is 16.7 Å². The van der Waals surface area contributed by atoms with Crippen LogP contribution in [0.15, 0.2) is 80.1 Å².